The topological polar surface area (TPSA) is 76.7 Å². The first-order valence-electron chi connectivity index (χ1n) is 6.89. The molecule has 6 nitrogen and oxygen atoms in total. The molecule has 1 aromatic rings. The van der Waals surface area contributed by atoms with Crippen molar-refractivity contribution in [3.05, 3.63) is 30.1 Å². The molecule has 0 radical (unpaired) electrons. The number of anilines is 1. The van der Waals surface area contributed by atoms with Gasteiger partial charge in [0.25, 0.3) is 0 Å². The summed E-state index contributed by atoms with van der Waals surface area (Å²) in [5.41, 5.74) is -3.78. The summed E-state index contributed by atoms with van der Waals surface area (Å²) in [6.45, 7) is 1.64. The third-order valence-corrected chi connectivity index (χ3v) is 2.69. The van der Waals surface area contributed by atoms with Crippen LogP contribution in [0.25, 0.3) is 0 Å². The SMILES string of the molecule is CCOC(=O)[C@@](NC(=O)Nc1cccc(F)c1)(OCC)C(F)(F)F. The van der Waals surface area contributed by atoms with Gasteiger partial charge in [0.15, 0.2) is 0 Å². The molecule has 0 aromatic heterocycles. The number of benzene rings is 1. The van der Waals surface area contributed by atoms with Gasteiger partial charge in [-0.05, 0) is 32.0 Å². The van der Waals surface area contributed by atoms with E-state index in [4.69, 9.17) is 0 Å². The summed E-state index contributed by atoms with van der Waals surface area (Å²) in [5, 5.41) is 3.42. The molecule has 24 heavy (non-hydrogen) atoms. The molecular formula is C14H16F4N2O4. The zero-order valence-corrected chi connectivity index (χ0v) is 12.9. The lowest BCUT2D eigenvalue weighted by molar-refractivity contribution is -0.282. The van der Waals surface area contributed by atoms with Crippen molar-refractivity contribution in [2.75, 3.05) is 18.5 Å². The number of hydrogen-bond donors (Lipinski definition) is 2. The molecule has 1 rings (SSSR count). The first-order valence-corrected chi connectivity index (χ1v) is 6.89. The Bertz CT molecular complexity index is 594. The van der Waals surface area contributed by atoms with Crippen LogP contribution in [0.5, 0.6) is 0 Å². The van der Waals surface area contributed by atoms with E-state index in [0.29, 0.717) is 0 Å². The van der Waals surface area contributed by atoms with Crippen LogP contribution >= 0.6 is 0 Å². The van der Waals surface area contributed by atoms with Crippen LogP contribution in [0.15, 0.2) is 24.3 Å². The van der Waals surface area contributed by atoms with Crippen LogP contribution in [-0.2, 0) is 14.3 Å². The van der Waals surface area contributed by atoms with E-state index in [0.717, 1.165) is 12.1 Å². The number of urea groups is 1. The van der Waals surface area contributed by atoms with Crippen molar-refractivity contribution in [2.45, 2.75) is 25.7 Å². The molecule has 0 saturated heterocycles. The fourth-order valence-corrected chi connectivity index (χ4v) is 1.75. The lowest BCUT2D eigenvalue weighted by atomic mass is 10.2. The predicted octanol–water partition coefficient (Wildman–Crippen LogP) is 2.81. The first kappa shape index (κ1) is 19.7. The molecule has 0 unspecified atom stereocenters. The summed E-state index contributed by atoms with van der Waals surface area (Å²) in [7, 11) is 0. The Morgan fingerprint density at radius 3 is 2.33 bits per heavy atom. The van der Waals surface area contributed by atoms with E-state index in [1.54, 1.807) is 0 Å². The number of esters is 1. The zero-order chi connectivity index (χ0) is 18.4. The maximum atomic E-state index is 13.4. The Morgan fingerprint density at radius 1 is 1.17 bits per heavy atom. The van der Waals surface area contributed by atoms with Gasteiger partial charge in [0.2, 0.25) is 0 Å². The highest BCUT2D eigenvalue weighted by molar-refractivity contribution is 5.94. The van der Waals surface area contributed by atoms with Crippen molar-refractivity contribution in [1.82, 2.24) is 5.32 Å². The predicted molar refractivity (Wildman–Crippen MR) is 75.6 cm³/mol. The van der Waals surface area contributed by atoms with Gasteiger partial charge < -0.3 is 14.8 Å². The largest absolute Gasteiger partial charge is 0.462 e. The van der Waals surface area contributed by atoms with E-state index in [1.807, 2.05) is 5.32 Å². The van der Waals surface area contributed by atoms with E-state index in [-0.39, 0.29) is 12.3 Å². The van der Waals surface area contributed by atoms with Gasteiger partial charge in [-0.25, -0.2) is 14.0 Å². The average molecular weight is 352 g/mol. The molecule has 0 saturated carbocycles. The minimum absolute atomic E-state index is 0.107. The van der Waals surface area contributed by atoms with Gasteiger partial charge >= 0.3 is 23.9 Å². The summed E-state index contributed by atoms with van der Waals surface area (Å²) >= 11 is 0. The van der Waals surface area contributed by atoms with Crippen LogP contribution < -0.4 is 10.6 Å². The van der Waals surface area contributed by atoms with Gasteiger partial charge in [-0.2, -0.15) is 13.2 Å². The van der Waals surface area contributed by atoms with Crippen LogP contribution in [-0.4, -0.2) is 37.1 Å². The molecule has 0 aliphatic rings. The standard InChI is InChI=1S/C14H16F4N2O4/c1-3-23-11(21)13(24-4-2,14(16,17)18)20-12(22)19-10-7-5-6-9(15)8-10/h5-8H,3-4H2,1-2H3,(H2,19,20,22)/t13-/m1/s1. The summed E-state index contributed by atoms with van der Waals surface area (Å²) in [6.07, 6.45) is -5.28. The molecule has 134 valence electrons. The number of alkyl halides is 3. The van der Waals surface area contributed by atoms with Crippen molar-refractivity contribution < 1.29 is 36.6 Å². The summed E-state index contributed by atoms with van der Waals surface area (Å²) in [5.74, 6) is -2.51. The van der Waals surface area contributed by atoms with E-state index in [9.17, 15) is 27.2 Å². The van der Waals surface area contributed by atoms with Crippen molar-refractivity contribution in [3.8, 4) is 0 Å². The highest BCUT2D eigenvalue weighted by Gasteiger charge is 2.64. The Hall–Kier alpha value is -2.36. The van der Waals surface area contributed by atoms with Crippen molar-refractivity contribution in [3.63, 3.8) is 0 Å². The smallest absolute Gasteiger partial charge is 0.448 e. The second-order valence-corrected chi connectivity index (χ2v) is 4.42. The highest BCUT2D eigenvalue weighted by atomic mass is 19.4. The number of hydrogen-bond acceptors (Lipinski definition) is 4. The van der Waals surface area contributed by atoms with Gasteiger partial charge in [0.1, 0.15) is 5.82 Å². The molecule has 1 aromatic carbocycles. The first-order chi connectivity index (χ1) is 11.2. The Labute approximate surface area is 135 Å². The monoisotopic (exact) mass is 352 g/mol. The van der Waals surface area contributed by atoms with Crippen LogP contribution in [0.4, 0.5) is 28.0 Å². The number of halogens is 4. The molecular weight excluding hydrogens is 336 g/mol. The van der Waals surface area contributed by atoms with E-state index in [1.165, 1.54) is 31.3 Å². The fourth-order valence-electron chi connectivity index (χ4n) is 1.75. The zero-order valence-electron chi connectivity index (χ0n) is 12.9. The third kappa shape index (κ3) is 4.57. The summed E-state index contributed by atoms with van der Waals surface area (Å²) in [4.78, 5) is 23.6. The number of carbonyl (C=O) groups excluding carboxylic acids is 2. The van der Waals surface area contributed by atoms with E-state index in [2.05, 4.69) is 9.47 Å². The summed E-state index contributed by atoms with van der Waals surface area (Å²) in [6, 6.07) is 3.06. The number of amides is 2. The summed E-state index contributed by atoms with van der Waals surface area (Å²) < 4.78 is 62.0. The average Bonchev–Trinajstić information content (AvgIpc) is 2.45. The number of carbonyl (C=O) groups is 2. The maximum absolute atomic E-state index is 13.4. The highest BCUT2D eigenvalue weighted by Crippen LogP contribution is 2.33. The molecule has 2 N–H and O–H groups in total. The Kier molecular flexibility index (Phi) is 6.52. The molecule has 0 spiro atoms. The quantitative estimate of drug-likeness (QED) is 0.469. The van der Waals surface area contributed by atoms with Gasteiger partial charge in [0, 0.05) is 12.3 Å². The number of rotatable bonds is 6. The Morgan fingerprint density at radius 2 is 1.83 bits per heavy atom. The molecule has 0 fully saturated rings. The van der Waals surface area contributed by atoms with E-state index < -0.39 is 36.3 Å². The molecule has 2 amide bonds. The van der Waals surface area contributed by atoms with Crippen molar-refractivity contribution in [2.24, 2.45) is 0 Å². The minimum Gasteiger partial charge on any atom is -0.462 e. The maximum Gasteiger partial charge on any atom is 0.448 e. The third-order valence-electron chi connectivity index (χ3n) is 2.69. The van der Waals surface area contributed by atoms with Gasteiger partial charge in [-0.3, -0.25) is 5.32 Å². The molecule has 0 heterocycles. The molecule has 10 heteroatoms. The van der Waals surface area contributed by atoms with Crippen LogP contribution in [0.2, 0.25) is 0 Å². The Balaban J connectivity index is 3.06. The van der Waals surface area contributed by atoms with Gasteiger partial charge in [-0.1, -0.05) is 6.07 Å². The second-order valence-electron chi connectivity index (χ2n) is 4.42. The minimum atomic E-state index is -5.28. The fraction of sp³-hybridized carbons (Fsp3) is 0.429. The molecule has 1 atom stereocenters. The molecule has 0 bridgehead atoms. The lowest BCUT2D eigenvalue weighted by Crippen LogP contribution is -2.67. The van der Waals surface area contributed by atoms with E-state index >= 15 is 0 Å². The van der Waals surface area contributed by atoms with Crippen molar-refractivity contribution >= 4 is 17.7 Å². The van der Waals surface area contributed by atoms with Crippen LogP contribution in [0.3, 0.4) is 0 Å². The van der Waals surface area contributed by atoms with Crippen molar-refractivity contribution in [1.29, 1.82) is 0 Å². The van der Waals surface area contributed by atoms with Gasteiger partial charge in [0.05, 0.1) is 6.61 Å². The number of ether oxygens (including phenoxy) is 2. The van der Waals surface area contributed by atoms with Crippen LogP contribution in [0, 0.1) is 5.82 Å². The van der Waals surface area contributed by atoms with Gasteiger partial charge in [-0.15, -0.1) is 0 Å². The lowest BCUT2D eigenvalue weighted by Gasteiger charge is -2.33. The number of nitrogens with one attached hydrogen (secondary N) is 2. The molecule has 0 aliphatic carbocycles. The normalized spacial score (nSPS) is 13.8. The van der Waals surface area contributed by atoms with Crippen LogP contribution in [0.1, 0.15) is 13.8 Å². The second kappa shape index (κ2) is 7.95. The molecule has 0 aliphatic heterocycles.